The molecule has 0 saturated carbocycles. The zero-order chi connectivity index (χ0) is 30.2. The van der Waals surface area contributed by atoms with Crippen LogP contribution in [0.15, 0.2) is 54.7 Å². The molecular weight excluding hydrogens is 554 g/mol. The van der Waals surface area contributed by atoms with Crippen LogP contribution in [0, 0.1) is 6.92 Å². The lowest BCUT2D eigenvalue weighted by molar-refractivity contribution is -0.134. The fourth-order valence-corrected chi connectivity index (χ4v) is 5.42. The summed E-state index contributed by atoms with van der Waals surface area (Å²) in [6.45, 7) is 3.86. The SMILES string of the molecule is Cc1nn(C)cc1C(=O)N1CCCCOc2ccc(Cl)cc2C(=O)N(C)[C@@H](Cc2ccccc2)C(=O)N(C)CCCC1. The molecule has 1 aromatic heterocycles. The Morgan fingerprint density at radius 3 is 2.36 bits per heavy atom. The van der Waals surface area contributed by atoms with Gasteiger partial charge in [-0.2, -0.15) is 5.10 Å². The summed E-state index contributed by atoms with van der Waals surface area (Å²) in [6.07, 6.45) is 5.02. The molecule has 2 aromatic carbocycles. The van der Waals surface area contributed by atoms with E-state index in [1.165, 1.54) is 4.90 Å². The summed E-state index contributed by atoms with van der Waals surface area (Å²) >= 11 is 6.30. The Labute approximate surface area is 253 Å². The van der Waals surface area contributed by atoms with Crippen LogP contribution in [0.3, 0.4) is 0 Å². The molecule has 3 aromatic rings. The number of aromatic nitrogens is 2. The Bertz CT molecular complexity index is 1390. The third-order valence-corrected chi connectivity index (χ3v) is 7.91. The van der Waals surface area contributed by atoms with Gasteiger partial charge in [0.1, 0.15) is 11.8 Å². The van der Waals surface area contributed by atoms with Gasteiger partial charge in [0, 0.05) is 58.4 Å². The summed E-state index contributed by atoms with van der Waals surface area (Å²) in [5, 5.41) is 4.75. The van der Waals surface area contributed by atoms with Gasteiger partial charge >= 0.3 is 0 Å². The van der Waals surface area contributed by atoms with Crippen molar-refractivity contribution in [2.24, 2.45) is 7.05 Å². The van der Waals surface area contributed by atoms with Gasteiger partial charge in [0.2, 0.25) is 5.91 Å². The van der Waals surface area contributed by atoms with Gasteiger partial charge in [-0.15, -0.1) is 0 Å². The van der Waals surface area contributed by atoms with Gasteiger partial charge in [-0.3, -0.25) is 19.1 Å². The minimum atomic E-state index is -0.723. The first-order valence-electron chi connectivity index (χ1n) is 14.4. The Balaban J connectivity index is 1.61. The molecule has 3 amide bonds. The molecule has 1 aliphatic heterocycles. The molecule has 0 unspecified atom stereocenters. The van der Waals surface area contributed by atoms with E-state index in [-0.39, 0.29) is 17.7 Å². The number of carbonyl (C=O) groups is 3. The molecule has 0 radical (unpaired) electrons. The van der Waals surface area contributed by atoms with Crippen molar-refractivity contribution in [2.45, 2.75) is 45.1 Å². The van der Waals surface area contributed by atoms with Crippen LogP contribution >= 0.6 is 11.6 Å². The highest BCUT2D eigenvalue weighted by atomic mass is 35.5. The predicted molar refractivity (Wildman–Crippen MR) is 163 cm³/mol. The van der Waals surface area contributed by atoms with Gasteiger partial charge in [0.15, 0.2) is 0 Å². The van der Waals surface area contributed by atoms with E-state index in [9.17, 15) is 14.4 Å². The molecular formula is C32H40ClN5O4. The molecule has 0 aliphatic carbocycles. The molecule has 0 N–H and O–H groups in total. The normalized spacial score (nSPS) is 17.9. The van der Waals surface area contributed by atoms with Crippen molar-refractivity contribution in [3.05, 3.63) is 82.1 Å². The largest absolute Gasteiger partial charge is 0.493 e. The standard InChI is InChI=1S/C32H40ClN5O4/c1-23-27(22-36(3)34-23)31(40)38-17-9-8-16-35(2)32(41)28(20-24-12-6-5-7-13-24)37(4)30(39)26-21-25(33)14-15-29(26)42-19-11-10-18-38/h5-7,12-15,21-22,28H,8-11,16-20H2,1-4H3/t28-/m0/s1. The maximum Gasteiger partial charge on any atom is 0.258 e. The van der Waals surface area contributed by atoms with Gasteiger partial charge < -0.3 is 19.4 Å². The molecule has 0 spiro atoms. The molecule has 0 saturated heterocycles. The number of fused-ring (bicyclic) bond motifs is 1. The first-order valence-corrected chi connectivity index (χ1v) is 14.8. The first-order chi connectivity index (χ1) is 20.2. The van der Waals surface area contributed by atoms with E-state index >= 15 is 0 Å². The van der Waals surface area contributed by atoms with Gasteiger partial charge in [0.25, 0.3) is 11.8 Å². The summed E-state index contributed by atoms with van der Waals surface area (Å²) in [4.78, 5) is 46.2. The number of halogens is 1. The van der Waals surface area contributed by atoms with Crippen LogP contribution in [0.4, 0.5) is 0 Å². The molecule has 10 heteroatoms. The van der Waals surface area contributed by atoms with Gasteiger partial charge in [0.05, 0.1) is 23.4 Å². The number of hydrogen-bond donors (Lipinski definition) is 0. The average molecular weight is 594 g/mol. The van der Waals surface area contributed by atoms with Crippen LogP contribution < -0.4 is 4.74 Å². The van der Waals surface area contributed by atoms with E-state index in [0.29, 0.717) is 66.7 Å². The second kappa shape index (κ2) is 14.4. The number of ether oxygens (including phenoxy) is 1. The Kier molecular flexibility index (Phi) is 10.6. The monoisotopic (exact) mass is 593 g/mol. The number of likely N-dealkylation sites (N-methyl/N-ethyl adjacent to an activating group) is 2. The van der Waals surface area contributed by atoms with Crippen molar-refractivity contribution in [3.63, 3.8) is 0 Å². The highest BCUT2D eigenvalue weighted by Gasteiger charge is 2.31. The van der Waals surface area contributed by atoms with Crippen molar-refractivity contribution in [2.75, 3.05) is 40.3 Å². The number of hydrogen-bond acceptors (Lipinski definition) is 5. The lowest BCUT2D eigenvalue weighted by Gasteiger charge is -2.31. The zero-order valence-electron chi connectivity index (χ0n) is 24.9. The van der Waals surface area contributed by atoms with E-state index in [0.717, 1.165) is 24.8 Å². The van der Waals surface area contributed by atoms with Crippen molar-refractivity contribution < 1.29 is 19.1 Å². The molecule has 1 aliphatic rings. The maximum atomic E-state index is 13.8. The van der Waals surface area contributed by atoms with Crippen LogP contribution in [0.5, 0.6) is 5.75 Å². The van der Waals surface area contributed by atoms with E-state index in [4.69, 9.17) is 16.3 Å². The van der Waals surface area contributed by atoms with Crippen molar-refractivity contribution in [1.82, 2.24) is 24.5 Å². The summed E-state index contributed by atoms with van der Waals surface area (Å²) in [6, 6.07) is 13.9. The van der Waals surface area contributed by atoms with E-state index in [2.05, 4.69) is 5.10 Å². The van der Waals surface area contributed by atoms with Crippen molar-refractivity contribution in [3.8, 4) is 5.75 Å². The lowest BCUT2D eigenvalue weighted by Crippen LogP contribution is -2.49. The number of rotatable bonds is 3. The molecule has 0 fully saturated rings. The summed E-state index contributed by atoms with van der Waals surface area (Å²) in [7, 11) is 5.23. The minimum Gasteiger partial charge on any atom is -0.493 e. The fraction of sp³-hybridized carbons (Fsp3) is 0.438. The van der Waals surface area contributed by atoms with Crippen LogP contribution in [-0.4, -0.2) is 88.6 Å². The third kappa shape index (κ3) is 7.70. The Morgan fingerprint density at radius 1 is 0.976 bits per heavy atom. The van der Waals surface area contributed by atoms with E-state index in [1.54, 1.807) is 48.1 Å². The second-order valence-corrected chi connectivity index (χ2v) is 11.3. The number of benzene rings is 2. The first kappa shape index (κ1) is 31.1. The van der Waals surface area contributed by atoms with Crippen LogP contribution in [0.25, 0.3) is 0 Å². The number of carbonyl (C=O) groups excluding carboxylic acids is 3. The lowest BCUT2D eigenvalue weighted by atomic mass is 10.0. The average Bonchev–Trinajstić information content (AvgIpc) is 3.33. The number of nitrogens with zero attached hydrogens (tertiary/aromatic N) is 5. The van der Waals surface area contributed by atoms with Crippen LogP contribution in [-0.2, 0) is 18.3 Å². The highest BCUT2D eigenvalue weighted by Crippen LogP contribution is 2.26. The Morgan fingerprint density at radius 2 is 1.67 bits per heavy atom. The number of aryl methyl sites for hydroxylation is 2. The quantitative estimate of drug-likeness (QED) is 0.442. The van der Waals surface area contributed by atoms with Gasteiger partial charge in [-0.05, 0) is 56.4 Å². The van der Waals surface area contributed by atoms with E-state index in [1.807, 2.05) is 49.2 Å². The smallest absolute Gasteiger partial charge is 0.258 e. The molecule has 1 atom stereocenters. The minimum absolute atomic E-state index is 0.0426. The van der Waals surface area contributed by atoms with Gasteiger partial charge in [-0.25, -0.2) is 0 Å². The summed E-state index contributed by atoms with van der Waals surface area (Å²) in [5.74, 6) is -0.108. The third-order valence-electron chi connectivity index (χ3n) is 7.68. The van der Waals surface area contributed by atoms with Crippen molar-refractivity contribution >= 4 is 29.3 Å². The molecule has 4 rings (SSSR count). The van der Waals surface area contributed by atoms with Crippen LogP contribution in [0.1, 0.15) is 57.7 Å². The maximum absolute atomic E-state index is 13.8. The van der Waals surface area contributed by atoms with Crippen LogP contribution in [0.2, 0.25) is 5.02 Å². The summed E-state index contributed by atoms with van der Waals surface area (Å²) in [5.41, 5.74) is 2.57. The summed E-state index contributed by atoms with van der Waals surface area (Å²) < 4.78 is 7.73. The molecule has 2 heterocycles. The highest BCUT2D eigenvalue weighted by molar-refractivity contribution is 6.31. The number of amides is 3. The molecule has 9 nitrogen and oxygen atoms in total. The predicted octanol–water partition coefficient (Wildman–Crippen LogP) is 4.62. The van der Waals surface area contributed by atoms with E-state index < -0.39 is 6.04 Å². The topological polar surface area (TPSA) is 88.0 Å². The van der Waals surface area contributed by atoms with Gasteiger partial charge in [-0.1, -0.05) is 41.9 Å². The molecule has 0 bridgehead atoms. The second-order valence-electron chi connectivity index (χ2n) is 10.9. The fourth-order valence-electron chi connectivity index (χ4n) is 5.25. The molecule has 224 valence electrons. The zero-order valence-corrected chi connectivity index (χ0v) is 25.6. The Hall–Kier alpha value is -3.85. The van der Waals surface area contributed by atoms with Crippen molar-refractivity contribution in [1.29, 1.82) is 0 Å². The molecule has 42 heavy (non-hydrogen) atoms.